The SMILES string of the molecule is CCCc1n[nH]c(-c2cccc(C)c2)c1-c1ccncc1. The van der Waals surface area contributed by atoms with Crippen LogP contribution in [-0.2, 0) is 6.42 Å². The lowest BCUT2D eigenvalue weighted by atomic mass is 9.97. The highest BCUT2D eigenvalue weighted by atomic mass is 15.1. The third-order valence-electron chi connectivity index (χ3n) is 3.60. The van der Waals surface area contributed by atoms with Gasteiger partial charge in [0.25, 0.3) is 0 Å². The van der Waals surface area contributed by atoms with Crippen LogP contribution in [0, 0.1) is 6.92 Å². The Morgan fingerprint density at radius 3 is 2.57 bits per heavy atom. The highest BCUT2D eigenvalue weighted by Crippen LogP contribution is 2.33. The maximum Gasteiger partial charge on any atom is 0.0731 e. The zero-order valence-electron chi connectivity index (χ0n) is 12.4. The molecular weight excluding hydrogens is 258 g/mol. The van der Waals surface area contributed by atoms with Crippen molar-refractivity contribution in [1.82, 2.24) is 15.2 Å². The standard InChI is InChI=1S/C18H19N3/c1-3-5-16-17(14-8-10-19-11-9-14)18(21-20-16)15-7-4-6-13(2)12-15/h4,6-12H,3,5H2,1-2H3,(H,20,21). The van der Waals surface area contributed by atoms with E-state index in [9.17, 15) is 0 Å². The molecule has 0 radical (unpaired) electrons. The number of aromatic nitrogens is 3. The van der Waals surface area contributed by atoms with E-state index in [0.717, 1.165) is 24.2 Å². The molecule has 1 aromatic carbocycles. The summed E-state index contributed by atoms with van der Waals surface area (Å²) in [7, 11) is 0. The fraction of sp³-hybridized carbons (Fsp3) is 0.222. The summed E-state index contributed by atoms with van der Waals surface area (Å²) < 4.78 is 0. The van der Waals surface area contributed by atoms with Gasteiger partial charge in [0.2, 0.25) is 0 Å². The lowest BCUT2D eigenvalue weighted by molar-refractivity contribution is 0.868. The number of aromatic amines is 1. The summed E-state index contributed by atoms with van der Waals surface area (Å²) >= 11 is 0. The average molecular weight is 277 g/mol. The number of H-pyrrole nitrogens is 1. The van der Waals surface area contributed by atoms with Crippen molar-refractivity contribution >= 4 is 0 Å². The van der Waals surface area contributed by atoms with Crippen molar-refractivity contribution < 1.29 is 0 Å². The molecule has 0 bridgehead atoms. The molecule has 0 aliphatic heterocycles. The number of pyridine rings is 1. The Bertz CT molecular complexity index is 729. The molecule has 0 spiro atoms. The molecule has 0 saturated carbocycles. The van der Waals surface area contributed by atoms with Crippen LogP contribution in [0.5, 0.6) is 0 Å². The molecule has 3 nitrogen and oxygen atoms in total. The summed E-state index contributed by atoms with van der Waals surface area (Å²) in [5.74, 6) is 0. The number of aryl methyl sites for hydroxylation is 2. The van der Waals surface area contributed by atoms with Gasteiger partial charge in [0, 0.05) is 23.5 Å². The van der Waals surface area contributed by atoms with E-state index in [1.54, 1.807) is 0 Å². The predicted octanol–water partition coefficient (Wildman–Crippen LogP) is 4.40. The summed E-state index contributed by atoms with van der Waals surface area (Å²) in [6, 6.07) is 12.6. The predicted molar refractivity (Wildman–Crippen MR) is 86.0 cm³/mol. The first-order chi connectivity index (χ1) is 10.3. The molecular formula is C18H19N3. The van der Waals surface area contributed by atoms with Gasteiger partial charge in [-0.3, -0.25) is 10.1 Å². The van der Waals surface area contributed by atoms with E-state index in [4.69, 9.17) is 0 Å². The van der Waals surface area contributed by atoms with Gasteiger partial charge >= 0.3 is 0 Å². The van der Waals surface area contributed by atoms with Gasteiger partial charge in [0.15, 0.2) is 0 Å². The van der Waals surface area contributed by atoms with Gasteiger partial charge in [-0.25, -0.2) is 0 Å². The highest BCUT2D eigenvalue weighted by molar-refractivity contribution is 5.82. The van der Waals surface area contributed by atoms with Crippen LogP contribution in [0.3, 0.4) is 0 Å². The third-order valence-corrected chi connectivity index (χ3v) is 3.60. The van der Waals surface area contributed by atoms with Crippen LogP contribution in [0.4, 0.5) is 0 Å². The Hall–Kier alpha value is -2.42. The summed E-state index contributed by atoms with van der Waals surface area (Å²) in [4.78, 5) is 4.12. The molecule has 3 aromatic rings. The van der Waals surface area contributed by atoms with Crippen molar-refractivity contribution in [2.45, 2.75) is 26.7 Å². The summed E-state index contributed by atoms with van der Waals surface area (Å²) in [6.45, 7) is 4.29. The Labute approximate surface area is 125 Å². The highest BCUT2D eigenvalue weighted by Gasteiger charge is 2.15. The molecule has 0 fully saturated rings. The van der Waals surface area contributed by atoms with E-state index in [1.807, 2.05) is 24.5 Å². The Morgan fingerprint density at radius 2 is 1.86 bits per heavy atom. The summed E-state index contributed by atoms with van der Waals surface area (Å²) in [5.41, 5.74) is 7.01. The van der Waals surface area contributed by atoms with Crippen LogP contribution in [0.2, 0.25) is 0 Å². The second-order valence-electron chi connectivity index (χ2n) is 5.28. The second-order valence-corrected chi connectivity index (χ2v) is 5.28. The van der Waals surface area contributed by atoms with Crippen LogP contribution in [-0.4, -0.2) is 15.2 Å². The van der Waals surface area contributed by atoms with Crippen LogP contribution >= 0.6 is 0 Å². The van der Waals surface area contributed by atoms with E-state index >= 15 is 0 Å². The third kappa shape index (κ3) is 2.72. The van der Waals surface area contributed by atoms with Crippen molar-refractivity contribution in [3.63, 3.8) is 0 Å². The van der Waals surface area contributed by atoms with Gasteiger partial charge in [-0.15, -0.1) is 0 Å². The molecule has 0 unspecified atom stereocenters. The maximum atomic E-state index is 4.54. The second kappa shape index (κ2) is 5.92. The average Bonchev–Trinajstić information content (AvgIpc) is 2.92. The first kappa shape index (κ1) is 13.6. The molecule has 0 amide bonds. The van der Waals surface area contributed by atoms with Crippen LogP contribution in [0.25, 0.3) is 22.4 Å². The van der Waals surface area contributed by atoms with E-state index in [-0.39, 0.29) is 0 Å². The number of rotatable bonds is 4. The van der Waals surface area contributed by atoms with Crippen molar-refractivity contribution in [2.24, 2.45) is 0 Å². The molecule has 106 valence electrons. The van der Waals surface area contributed by atoms with E-state index in [2.05, 4.69) is 53.3 Å². The molecule has 0 aliphatic rings. The monoisotopic (exact) mass is 277 g/mol. The van der Waals surface area contributed by atoms with Crippen molar-refractivity contribution in [1.29, 1.82) is 0 Å². The molecule has 3 rings (SSSR count). The van der Waals surface area contributed by atoms with Gasteiger partial charge in [0.05, 0.1) is 11.4 Å². The van der Waals surface area contributed by atoms with Gasteiger partial charge < -0.3 is 0 Å². The smallest absolute Gasteiger partial charge is 0.0731 e. The maximum absolute atomic E-state index is 4.54. The first-order valence-electron chi connectivity index (χ1n) is 7.34. The largest absolute Gasteiger partial charge is 0.277 e. The minimum Gasteiger partial charge on any atom is -0.277 e. The van der Waals surface area contributed by atoms with Crippen molar-refractivity contribution in [3.05, 3.63) is 60.0 Å². The number of nitrogens with one attached hydrogen (secondary N) is 1. The Balaban J connectivity index is 2.18. The van der Waals surface area contributed by atoms with Crippen molar-refractivity contribution in [3.8, 4) is 22.4 Å². The quantitative estimate of drug-likeness (QED) is 0.768. The minimum atomic E-state index is 0.972. The minimum absolute atomic E-state index is 0.972. The van der Waals surface area contributed by atoms with Gasteiger partial charge in [-0.1, -0.05) is 37.1 Å². The lowest BCUT2D eigenvalue weighted by Crippen LogP contribution is -1.89. The number of nitrogens with zero attached hydrogens (tertiary/aromatic N) is 2. The number of hydrogen-bond acceptors (Lipinski definition) is 2. The fourth-order valence-corrected chi connectivity index (χ4v) is 2.64. The molecule has 0 aliphatic carbocycles. The molecule has 2 aromatic heterocycles. The normalized spacial score (nSPS) is 10.8. The number of hydrogen-bond donors (Lipinski definition) is 1. The van der Waals surface area contributed by atoms with Crippen LogP contribution < -0.4 is 0 Å². The summed E-state index contributed by atoms with van der Waals surface area (Å²) in [6.07, 6.45) is 5.71. The summed E-state index contributed by atoms with van der Waals surface area (Å²) in [5, 5.41) is 7.77. The van der Waals surface area contributed by atoms with Gasteiger partial charge in [-0.2, -0.15) is 5.10 Å². The molecule has 2 heterocycles. The number of benzene rings is 1. The molecule has 3 heteroatoms. The van der Waals surface area contributed by atoms with Gasteiger partial charge in [0.1, 0.15) is 0 Å². The zero-order valence-corrected chi connectivity index (χ0v) is 12.4. The van der Waals surface area contributed by atoms with E-state index in [1.165, 1.54) is 22.3 Å². The topological polar surface area (TPSA) is 41.6 Å². The van der Waals surface area contributed by atoms with E-state index < -0.39 is 0 Å². The van der Waals surface area contributed by atoms with E-state index in [0.29, 0.717) is 0 Å². The molecule has 1 N–H and O–H groups in total. The first-order valence-corrected chi connectivity index (χ1v) is 7.34. The van der Waals surface area contributed by atoms with Crippen molar-refractivity contribution in [2.75, 3.05) is 0 Å². The zero-order chi connectivity index (χ0) is 14.7. The van der Waals surface area contributed by atoms with Crippen LogP contribution in [0.15, 0.2) is 48.8 Å². The van der Waals surface area contributed by atoms with Crippen LogP contribution in [0.1, 0.15) is 24.6 Å². The Kier molecular flexibility index (Phi) is 3.82. The Morgan fingerprint density at radius 1 is 1.05 bits per heavy atom. The molecule has 0 atom stereocenters. The van der Waals surface area contributed by atoms with Gasteiger partial charge in [-0.05, 0) is 37.1 Å². The molecule has 0 saturated heterocycles. The fourth-order valence-electron chi connectivity index (χ4n) is 2.64. The molecule has 21 heavy (non-hydrogen) atoms. The lowest BCUT2D eigenvalue weighted by Gasteiger charge is -2.07.